The van der Waals surface area contributed by atoms with Gasteiger partial charge in [0.25, 0.3) is 0 Å². The molecule has 0 radical (unpaired) electrons. The molecule has 0 fully saturated rings. The molecule has 3 rings (SSSR count). The number of aromatic nitrogens is 2. The van der Waals surface area contributed by atoms with E-state index >= 15 is 0 Å². The maximum absolute atomic E-state index is 6.35. The van der Waals surface area contributed by atoms with Gasteiger partial charge >= 0.3 is 0 Å². The molecule has 1 unspecified atom stereocenters. The third-order valence-corrected chi connectivity index (χ3v) is 3.54. The average Bonchev–Trinajstić information content (AvgIpc) is 2.53. The predicted octanol–water partition coefficient (Wildman–Crippen LogP) is 3.76. The van der Waals surface area contributed by atoms with Crippen LogP contribution in [0, 0.1) is 0 Å². The molecule has 0 amide bonds. The van der Waals surface area contributed by atoms with Crippen molar-refractivity contribution in [1.29, 1.82) is 0 Å². The second kappa shape index (κ2) is 6.92. The molecule has 1 heterocycles. The maximum Gasteiger partial charge on any atom is 0.223 e. The summed E-state index contributed by atoms with van der Waals surface area (Å²) in [7, 11) is 1.63. The van der Waals surface area contributed by atoms with Crippen LogP contribution in [0.1, 0.15) is 17.3 Å². The van der Waals surface area contributed by atoms with E-state index in [-0.39, 0.29) is 23.7 Å². The van der Waals surface area contributed by atoms with Crippen LogP contribution in [0.3, 0.4) is 0 Å². The van der Waals surface area contributed by atoms with Crippen LogP contribution < -0.4 is 10.5 Å². The Balaban J connectivity index is 0.00000176. The molecule has 0 aliphatic heterocycles. The second-order valence-electron chi connectivity index (χ2n) is 4.65. The number of para-hydroxylation sites is 1. The lowest BCUT2D eigenvalue weighted by Gasteiger charge is -2.14. The largest absolute Gasteiger partial charge is 0.497 e. The van der Waals surface area contributed by atoms with Gasteiger partial charge in [-0.15, -0.1) is 12.4 Å². The van der Waals surface area contributed by atoms with E-state index in [1.165, 1.54) is 0 Å². The van der Waals surface area contributed by atoms with Gasteiger partial charge in [0, 0.05) is 5.39 Å². The first-order valence-corrected chi connectivity index (χ1v) is 6.88. The Hall–Kier alpha value is -1.88. The Labute approximate surface area is 139 Å². The number of rotatable bonds is 3. The lowest BCUT2D eigenvalue weighted by Crippen LogP contribution is -2.14. The predicted molar refractivity (Wildman–Crippen MR) is 90.8 cm³/mol. The van der Waals surface area contributed by atoms with Crippen LogP contribution >= 0.6 is 24.0 Å². The van der Waals surface area contributed by atoms with Crippen molar-refractivity contribution in [2.24, 2.45) is 5.73 Å². The van der Waals surface area contributed by atoms with Gasteiger partial charge in [-0.25, -0.2) is 9.97 Å². The lowest BCUT2D eigenvalue weighted by atomic mass is 10.0. The SMILES string of the molecule is COc1ccc(C(N)c2nc(Cl)nc3ccccc23)cc1.Cl. The van der Waals surface area contributed by atoms with Crippen LogP contribution in [0.2, 0.25) is 5.28 Å². The number of hydrogen-bond donors (Lipinski definition) is 1. The summed E-state index contributed by atoms with van der Waals surface area (Å²) in [4.78, 5) is 8.54. The monoisotopic (exact) mass is 335 g/mol. The van der Waals surface area contributed by atoms with Crippen molar-refractivity contribution < 1.29 is 4.74 Å². The highest BCUT2D eigenvalue weighted by Gasteiger charge is 2.15. The summed E-state index contributed by atoms with van der Waals surface area (Å²) >= 11 is 6.01. The summed E-state index contributed by atoms with van der Waals surface area (Å²) in [6.07, 6.45) is 0. The van der Waals surface area contributed by atoms with E-state index in [1.807, 2.05) is 48.5 Å². The number of ether oxygens (including phenoxy) is 1. The number of benzene rings is 2. The molecule has 3 aromatic rings. The molecule has 114 valence electrons. The van der Waals surface area contributed by atoms with Crippen molar-refractivity contribution in [3.05, 3.63) is 65.1 Å². The summed E-state index contributed by atoms with van der Waals surface area (Å²) in [5.74, 6) is 0.788. The van der Waals surface area contributed by atoms with E-state index in [0.29, 0.717) is 0 Å². The first-order valence-electron chi connectivity index (χ1n) is 6.51. The minimum absolute atomic E-state index is 0. The molecule has 0 saturated heterocycles. The Morgan fingerprint density at radius 2 is 1.73 bits per heavy atom. The van der Waals surface area contributed by atoms with Gasteiger partial charge in [-0.1, -0.05) is 30.3 Å². The van der Waals surface area contributed by atoms with Crippen LogP contribution in [0.15, 0.2) is 48.5 Å². The number of nitrogens with two attached hydrogens (primary N) is 1. The summed E-state index contributed by atoms with van der Waals surface area (Å²) in [6, 6.07) is 14.9. The zero-order chi connectivity index (χ0) is 14.8. The van der Waals surface area contributed by atoms with Gasteiger partial charge in [-0.05, 0) is 35.4 Å². The minimum atomic E-state index is -0.374. The maximum atomic E-state index is 6.35. The van der Waals surface area contributed by atoms with Gasteiger partial charge < -0.3 is 10.5 Å². The molecule has 2 N–H and O–H groups in total. The van der Waals surface area contributed by atoms with Crippen molar-refractivity contribution in [3.63, 3.8) is 0 Å². The van der Waals surface area contributed by atoms with Crippen LogP contribution in [-0.4, -0.2) is 17.1 Å². The van der Waals surface area contributed by atoms with E-state index in [9.17, 15) is 0 Å². The van der Waals surface area contributed by atoms with Gasteiger partial charge in [0.15, 0.2) is 0 Å². The minimum Gasteiger partial charge on any atom is -0.497 e. The number of fused-ring (bicyclic) bond motifs is 1. The summed E-state index contributed by atoms with van der Waals surface area (Å²) < 4.78 is 5.16. The number of methoxy groups -OCH3 is 1. The first kappa shape index (κ1) is 16.5. The van der Waals surface area contributed by atoms with E-state index in [2.05, 4.69) is 9.97 Å². The fourth-order valence-corrected chi connectivity index (χ4v) is 2.46. The molecular formula is C16H15Cl2N3O. The molecule has 0 spiro atoms. The van der Waals surface area contributed by atoms with E-state index in [0.717, 1.165) is 27.9 Å². The van der Waals surface area contributed by atoms with Crippen molar-refractivity contribution in [2.45, 2.75) is 6.04 Å². The molecule has 1 aromatic heterocycles. The standard InChI is InChI=1S/C16H14ClN3O.ClH/c1-21-11-8-6-10(7-9-11)14(18)15-12-4-2-3-5-13(12)19-16(17)20-15;/h2-9,14H,18H2,1H3;1H. The Morgan fingerprint density at radius 1 is 1.05 bits per heavy atom. The molecule has 0 aliphatic rings. The molecule has 4 nitrogen and oxygen atoms in total. The Bertz CT molecular complexity index is 778. The highest BCUT2D eigenvalue weighted by molar-refractivity contribution is 6.28. The first-order chi connectivity index (χ1) is 10.2. The molecule has 0 saturated carbocycles. The number of hydrogen-bond acceptors (Lipinski definition) is 4. The zero-order valence-electron chi connectivity index (χ0n) is 11.9. The van der Waals surface area contributed by atoms with Crippen LogP contribution in [-0.2, 0) is 0 Å². The summed E-state index contributed by atoms with van der Waals surface area (Å²) in [6.45, 7) is 0. The van der Waals surface area contributed by atoms with Crippen molar-refractivity contribution in [3.8, 4) is 5.75 Å². The van der Waals surface area contributed by atoms with E-state index in [4.69, 9.17) is 22.1 Å². The van der Waals surface area contributed by atoms with E-state index < -0.39 is 0 Å². The van der Waals surface area contributed by atoms with Gasteiger partial charge in [-0.3, -0.25) is 0 Å². The Morgan fingerprint density at radius 3 is 2.41 bits per heavy atom. The molecular weight excluding hydrogens is 321 g/mol. The molecule has 22 heavy (non-hydrogen) atoms. The third kappa shape index (κ3) is 3.14. The molecule has 0 aliphatic carbocycles. The summed E-state index contributed by atoms with van der Waals surface area (Å²) in [5, 5.41) is 1.11. The fraction of sp³-hybridized carbons (Fsp3) is 0.125. The van der Waals surface area contributed by atoms with Crippen LogP contribution in [0.5, 0.6) is 5.75 Å². The van der Waals surface area contributed by atoms with Gasteiger partial charge in [0.2, 0.25) is 5.28 Å². The van der Waals surface area contributed by atoms with Crippen LogP contribution in [0.25, 0.3) is 10.9 Å². The highest BCUT2D eigenvalue weighted by atomic mass is 35.5. The van der Waals surface area contributed by atoms with E-state index in [1.54, 1.807) is 7.11 Å². The molecule has 1 atom stereocenters. The average molecular weight is 336 g/mol. The normalized spacial score (nSPS) is 11.8. The van der Waals surface area contributed by atoms with Gasteiger partial charge in [0.1, 0.15) is 5.75 Å². The quantitative estimate of drug-likeness (QED) is 0.740. The molecule has 0 bridgehead atoms. The fourth-order valence-electron chi connectivity index (χ4n) is 2.28. The Kier molecular flexibility index (Phi) is 5.19. The van der Waals surface area contributed by atoms with Gasteiger partial charge in [-0.2, -0.15) is 0 Å². The van der Waals surface area contributed by atoms with Crippen molar-refractivity contribution >= 4 is 34.9 Å². The smallest absolute Gasteiger partial charge is 0.223 e. The highest BCUT2D eigenvalue weighted by Crippen LogP contribution is 2.27. The zero-order valence-corrected chi connectivity index (χ0v) is 13.4. The van der Waals surface area contributed by atoms with Gasteiger partial charge in [0.05, 0.1) is 24.4 Å². The van der Waals surface area contributed by atoms with Crippen LogP contribution in [0.4, 0.5) is 0 Å². The number of halogens is 2. The molecule has 6 heteroatoms. The third-order valence-electron chi connectivity index (χ3n) is 3.37. The molecule has 2 aromatic carbocycles. The van der Waals surface area contributed by atoms with Crippen molar-refractivity contribution in [2.75, 3.05) is 7.11 Å². The number of nitrogens with zero attached hydrogens (tertiary/aromatic N) is 2. The topological polar surface area (TPSA) is 61.0 Å². The summed E-state index contributed by atoms with van der Waals surface area (Å²) in [5.41, 5.74) is 8.80. The van der Waals surface area contributed by atoms with Crippen molar-refractivity contribution in [1.82, 2.24) is 9.97 Å². The second-order valence-corrected chi connectivity index (χ2v) is 4.98. The lowest BCUT2D eigenvalue weighted by molar-refractivity contribution is 0.414.